The molecule has 2 N–H and O–H groups in total. The van der Waals surface area contributed by atoms with Crippen LogP contribution in [0, 0.1) is 11.7 Å². The Hall–Kier alpha value is -3.42. The van der Waals surface area contributed by atoms with Crippen LogP contribution in [0.3, 0.4) is 0 Å². The summed E-state index contributed by atoms with van der Waals surface area (Å²) in [6.45, 7) is 0.138. The molecule has 1 unspecified atom stereocenters. The fourth-order valence-electron chi connectivity index (χ4n) is 4.89. The number of aliphatic carboxylic acids is 1. The van der Waals surface area contributed by atoms with Crippen molar-refractivity contribution in [1.82, 2.24) is 14.5 Å². The Balaban J connectivity index is 1.57. The summed E-state index contributed by atoms with van der Waals surface area (Å²) in [5, 5.41) is 13.3. The van der Waals surface area contributed by atoms with Crippen molar-refractivity contribution in [3.05, 3.63) is 59.7 Å². The van der Waals surface area contributed by atoms with E-state index in [-0.39, 0.29) is 30.7 Å². The third-order valence-electron chi connectivity index (χ3n) is 6.80. The standard InChI is InChI=1S/C26H31FN4O3/c1-30(13-12-24(32)33)26(34)18-8-11-23(28-16-18)29-25(17-6-4-3-5-7-17)22-15-19-14-20(27)9-10-21(19)31(22)2/h8-11,14-17,25H,3-7,12-13H2,1-2H3,(H,28,29)(H,32,33). The number of carbonyl (C=O) groups is 2. The molecule has 2 heterocycles. The van der Waals surface area contributed by atoms with Crippen molar-refractivity contribution in [2.75, 3.05) is 18.9 Å². The number of aromatic nitrogens is 2. The lowest BCUT2D eigenvalue weighted by Crippen LogP contribution is -2.29. The Morgan fingerprint density at radius 2 is 1.97 bits per heavy atom. The summed E-state index contributed by atoms with van der Waals surface area (Å²) in [4.78, 5) is 29.2. The van der Waals surface area contributed by atoms with E-state index in [1.165, 1.54) is 36.4 Å². The van der Waals surface area contributed by atoms with Crippen LogP contribution in [0.15, 0.2) is 42.6 Å². The van der Waals surface area contributed by atoms with Crippen molar-refractivity contribution in [2.45, 2.75) is 44.6 Å². The number of fused-ring (bicyclic) bond motifs is 1. The number of nitrogens with zero attached hydrogens (tertiary/aromatic N) is 3. The third kappa shape index (κ3) is 5.21. The van der Waals surface area contributed by atoms with Gasteiger partial charge in [0.2, 0.25) is 0 Å². The quantitative estimate of drug-likeness (QED) is 0.488. The van der Waals surface area contributed by atoms with E-state index in [2.05, 4.69) is 20.9 Å². The number of pyridine rings is 1. The number of halogens is 1. The number of amides is 1. The molecular weight excluding hydrogens is 435 g/mol. The number of aryl methyl sites for hydroxylation is 1. The van der Waals surface area contributed by atoms with Crippen LogP contribution in [0.1, 0.15) is 60.6 Å². The molecule has 1 aliphatic rings. The summed E-state index contributed by atoms with van der Waals surface area (Å²) in [6.07, 6.45) is 7.25. The fraction of sp³-hybridized carbons (Fsp3) is 0.423. The number of benzene rings is 1. The largest absolute Gasteiger partial charge is 0.481 e. The highest BCUT2D eigenvalue weighted by Crippen LogP contribution is 2.38. The second kappa shape index (κ2) is 10.2. The maximum Gasteiger partial charge on any atom is 0.305 e. The smallest absolute Gasteiger partial charge is 0.305 e. The Kier molecular flexibility index (Phi) is 7.14. The van der Waals surface area contributed by atoms with Gasteiger partial charge in [0, 0.05) is 43.4 Å². The molecule has 1 aromatic carbocycles. The number of carboxylic acids is 1. The van der Waals surface area contributed by atoms with Crippen molar-refractivity contribution < 1.29 is 19.1 Å². The molecule has 0 bridgehead atoms. The number of carboxylic acid groups (broad SMARTS) is 1. The molecule has 0 radical (unpaired) electrons. The van der Waals surface area contributed by atoms with Gasteiger partial charge in [-0.2, -0.15) is 0 Å². The lowest BCUT2D eigenvalue weighted by molar-refractivity contribution is -0.137. The molecule has 8 heteroatoms. The predicted octanol–water partition coefficient (Wildman–Crippen LogP) is 4.99. The minimum Gasteiger partial charge on any atom is -0.481 e. The topological polar surface area (TPSA) is 87.5 Å². The van der Waals surface area contributed by atoms with Gasteiger partial charge in [0.05, 0.1) is 18.0 Å². The van der Waals surface area contributed by atoms with Crippen molar-refractivity contribution in [3.63, 3.8) is 0 Å². The van der Waals surface area contributed by atoms with Crippen LogP contribution >= 0.6 is 0 Å². The minimum atomic E-state index is -0.942. The van der Waals surface area contributed by atoms with Crippen molar-refractivity contribution >= 4 is 28.6 Å². The number of carbonyl (C=O) groups excluding carboxylic acids is 1. The maximum atomic E-state index is 13.8. The second-order valence-electron chi connectivity index (χ2n) is 9.15. The SMILES string of the molecule is CN(CCC(=O)O)C(=O)c1ccc(NC(c2cc3cc(F)ccc3n2C)C2CCCCC2)nc1. The van der Waals surface area contributed by atoms with Gasteiger partial charge in [-0.1, -0.05) is 19.3 Å². The van der Waals surface area contributed by atoms with Gasteiger partial charge in [0.1, 0.15) is 11.6 Å². The second-order valence-corrected chi connectivity index (χ2v) is 9.15. The van der Waals surface area contributed by atoms with Gasteiger partial charge in [-0.25, -0.2) is 9.37 Å². The average molecular weight is 467 g/mol. The Morgan fingerprint density at radius 3 is 2.65 bits per heavy atom. The van der Waals surface area contributed by atoms with E-state index >= 15 is 0 Å². The van der Waals surface area contributed by atoms with Crippen LogP contribution in [-0.2, 0) is 11.8 Å². The third-order valence-corrected chi connectivity index (χ3v) is 6.80. The fourth-order valence-corrected chi connectivity index (χ4v) is 4.89. The Bertz CT molecular complexity index is 1170. The van der Waals surface area contributed by atoms with Crippen LogP contribution in [0.5, 0.6) is 0 Å². The van der Waals surface area contributed by atoms with Crippen molar-refractivity contribution in [3.8, 4) is 0 Å². The molecule has 1 aliphatic carbocycles. The molecule has 1 saturated carbocycles. The summed E-state index contributed by atoms with van der Waals surface area (Å²) >= 11 is 0. The first-order valence-corrected chi connectivity index (χ1v) is 11.8. The van der Waals surface area contributed by atoms with Gasteiger partial charge < -0.3 is 19.9 Å². The summed E-state index contributed by atoms with van der Waals surface area (Å²) in [5.74, 6) is -0.368. The summed E-state index contributed by atoms with van der Waals surface area (Å²) in [7, 11) is 3.59. The van der Waals surface area contributed by atoms with Crippen LogP contribution in [0.2, 0.25) is 0 Å². The molecule has 0 aliphatic heterocycles. The molecule has 2 aromatic heterocycles. The van der Waals surface area contributed by atoms with Gasteiger partial charge in [0.15, 0.2) is 0 Å². The highest BCUT2D eigenvalue weighted by molar-refractivity contribution is 5.94. The maximum absolute atomic E-state index is 13.8. The zero-order valence-electron chi connectivity index (χ0n) is 19.6. The van der Waals surface area contributed by atoms with Crippen molar-refractivity contribution in [1.29, 1.82) is 0 Å². The normalized spacial score (nSPS) is 15.3. The van der Waals surface area contributed by atoms with Crippen molar-refractivity contribution in [2.24, 2.45) is 13.0 Å². The first-order chi connectivity index (χ1) is 16.3. The molecule has 3 aromatic rings. The van der Waals surface area contributed by atoms with E-state index in [0.29, 0.717) is 17.3 Å². The number of hydrogen-bond acceptors (Lipinski definition) is 4. The Labute approximate surface area is 198 Å². The minimum absolute atomic E-state index is 0.00746. The molecule has 1 amide bonds. The summed E-state index contributed by atoms with van der Waals surface area (Å²) < 4.78 is 16.0. The molecule has 1 atom stereocenters. The highest BCUT2D eigenvalue weighted by atomic mass is 19.1. The zero-order valence-corrected chi connectivity index (χ0v) is 19.6. The molecular formula is C26H31FN4O3. The van der Waals surface area contributed by atoms with Gasteiger partial charge in [-0.3, -0.25) is 9.59 Å². The van der Waals surface area contributed by atoms with Gasteiger partial charge in [0.25, 0.3) is 5.91 Å². The lowest BCUT2D eigenvalue weighted by atomic mass is 9.82. The van der Waals surface area contributed by atoms with Crippen LogP contribution < -0.4 is 5.32 Å². The van der Waals surface area contributed by atoms with Gasteiger partial charge in [-0.15, -0.1) is 0 Å². The van der Waals surface area contributed by atoms with Gasteiger partial charge in [-0.05, 0) is 55.2 Å². The average Bonchev–Trinajstić information content (AvgIpc) is 3.16. The molecule has 0 saturated heterocycles. The number of anilines is 1. The monoisotopic (exact) mass is 466 g/mol. The van der Waals surface area contributed by atoms with E-state index < -0.39 is 5.97 Å². The van der Waals surface area contributed by atoms with Crippen LogP contribution in [0.4, 0.5) is 10.2 Å². The first kappa shape index (κ1) is 23.7. The zero-order chi connectivity index (χ0) is 24.2. The summed E-state index contributed by atoms with van der Waals surface area (Å²) in [6, 6.07) is 10.4. The molecule has 34 heavy (non-hydrogen) atoms. The van der Waals surface area contributed by atoms with E-state index in [1.54, 1.807) is 25.2 Å². The molecule has 1 fully saturated rings. The first-order valence-electron chi connectivity index (χ1n) is 11.8. The van der Waals surface area contributed by atoms with Crippen LogP contribution in [-0.4, -0.2) is 45.0 Å². The van der Waals surface area contributed by atoms with E-state index in [0.717, 1.165) is 29.4 Å². The van der Waals surface area contributed by atoms with E-state index in [9.17, 15) is 14.0 Å². The number of rotatable bonds is 8. The lowest BCUT2D eigenvalue weighted by Gasteiger charge is -2.32. The number of hydrogen-bond donors (Lipinski definition) is 2. The van der Waals surface area contributed by atoms with Gasteiger partial charge >= 0.3 is 5.97 Å². The number of nitrogens with one attached hydrogen (secondary N) is 1. The molecule has 4 rings (SSSR count). The van der Waals surface area contributed by atoms with E-state index in [4.69, 9.17) is 5.11 Å². The molecule has 7 nitrogen and oxygen atoms in total. The highest BCUT2D eigenvalue weighted by Gasteiger charge is 2.28. The Morgan fingerprint density at radius 1 is 1.21 bits per heavy atom. The van der Waals surface area contributed by atoms with Crippen LogP contribution in [0.25, 0.3) is 10.9 Å². The van der Waals surface area contributed by atoms with E-state index in [1.807, 2.05) is 13.1 Å². The molecule has 0 spiro atoms. The summed E-state index contributed by atoms with van der Waals surface area (Å²) in [5.41, 5.74) is 2.48. The molecule has 180 valence electrons. The predicted molar refractivity (Wildman–Crippen MR) is 129 cm³/mol.